The first-order valence-corrected chi connectivity index (χ1v) is 6.93. The van der Waals surface area contributed by atoms with Crippen molar-refractivity contribution in [3.63, 3.8) is 0 Å². The smallest absolute Gasteiger partial charge is 0.236 e. The van der Waals surface area contributed by atoms with Crippen molar-refractivity contribution >= 4 is 17.7 Å². The first kappa shape index (κ1) is 12.8. The molecule has 2 unspecified atom stereocenters. The Kier molecular flexibility index (Phi) is 6.10. The van der Waals surface area contributed by atoms with Gasteiger partial charge in [0.1, 0.15) is 0 Å². The Morgan fingerprint density at radius 2 is 2.47 bits per heavy atom. The Labute approximate surface area is 96.6 Å². The minimum atomic E-state index is -0.309. The number of thioether (sulfide) groups is 1. The van der Waals surface area contributed by atoms with Gasteiger partial charge in [0.25, 0.3) is 0 Å². The summed E-state index contributed by atoms with van der Waals surface area (Å²) in [6, 6.07) is -0.309. The van der Waals surface area contributed by atoms with Gasteiger partial charge >= 0.3 is 0 Å². The highest BCUT2D eigenvalue weighted by atomic mass is 32.2. The summed E-state index contributed by atoms with van der Waals surface area (Å²) in [4.78, 5) is 11.6. The van der Waals surface area contributed by atoms with Gasteiger partial charge in [-0.3, -0.25) is 4.79 Å². The Morgan fingerprint density at radius 3 is 3.07 bits per heavy atom. The number of unbranched alkanes of at least 4 members (excludes halogenated alkanes) is 1. The van der Waals surface area contributed by atoms with Crippen molar-refractivity contribution in [1.82, 2.24) is 5.32 Å². The summed E-state index contributed by atoms with van der Waals surface area (Å²) < 4.78 is 0. The van der Waals surface area contributed by atoms with Gasteiger partial charge in [0.05, 0.1) is 6.04 Å². The molecule has 0 aromatic carbocycles. The summed E-state index contributed by atoms with van der Waals surface area (Å²) in [6.07, 6.45) is 5.45. The number of nitrogens with one attached hydrogen (secondary N) is 1. The molecule has 88 valence electrons. The van der Waals surface area contributed by atoms with Gasteiger partial charge in [-0.2, -0.15) is 11.8 Å². The van der Waals surface area contributed by atoms with Crippen LogP contribution in [0.25, 0.3) is 0 Å². The predicted molar refractivity (Wildman–Crippen MR) is 66.0 cm³/mol. The van der Waals surface area contributed by atoms with Crippen LogP contribution in [-0.2, 0) is 4.79 Å². The lowest BCUT2D eigenvalue weighted by atomic mass is 10.1. The van der Waals surface area contributed by atoms with E-state index in [0.717, 1.165) is 25.8 Å². The second-order valence-electron chi connectivity index (χ2n) is 4.13. The first-order chi connectivity index (χ1) is 7.24. The van der Waals surface area contributed by atoms with E-state index in [4.69, 9.17) is 5.73 Å². The molecule has 0 radical (unpaired) electrons. The molecule has 1 fully saturated rings. The highest BCUT2D eigenvalue weighted by molar-refractivity contribution is 8.00. The molecule has 0 aromatic heterocycles. The van der Waals surface area contributed by atoms with E-state index in [-0.39, 0.29) is 11.9 Å². The molecule has 1 rings (SSSR count). The molecule has 0 saturated carbocycles. The van der Waals surface area contributed by atoms with E-state index in [1.165, 1.54) is 18.6 Å². The third-order valence-electron chi connectivity index (χ3n) is 2.73. The van der Waals surface area contributed by atoms with E-state index in [2.05, 4.69) is 12.2 Å². The number of hydrogen-bond acceptors (Lipinski definition) is 3. The zero-order valence-electron chi connectivity index (χ0n) is 9.50. The predicted octanol–water partition coefficient (Wildman–Crippen LogP) is 1.52. The number of amides is 1. The average Bonchev–Trinajstić information content (AvgIpc) is 2.75. The molecular weight excluding hydrogens is 208 g/mol. The van der Waals surface area contributed by atoms with Gasteiger partial charge in [0.2, 0.25) is 5.91 Å². The molecule has 1 amide bonds. The van der Waals surface area contributed by atoms with Crippen LogP contribution in [0, 0.1) is 0 Å². The second-order valence-corrected chi connectivity index (χ2v) is 5.54. The summed E-state index contributed by atoms with van der Waals surface area (Å²) >= 11 is 1.96. The van der Waals surface area contributed by atoms with Gasteiger partial charge in [0, 0.05) is 11.8 Å². The highest BCUT2D eigenvalue weighted by Crippen LogP contribution is 2.25. The van der Waals surface area contributed by atoms with Crippen LogP contribution in [0.1, 0.15) is 39.0 Å². The van der Waals surface area contributed by atoms with E-state index in [1.54, 1.807) is 0 Å². The molecule has 15 heavy (non-hydrogen) atoms. The zero-order chi connectivity index (χ0) is 11.1. The fourth-order valence-electron chi connectivity index (χ4n) is 1.71. The van der Waals surface area contributed by atoms with Crippen LogP contribution >= 0.6 is 11.8 Å². The van der Waals surface area contributed by atoms with Crippen molar-refractivity contribution in [2.75, 3.05) is 12.3 Å². The van der Waals surface area contributed by atoms with Crippen LogP contribution in [0.5, 0.6) is 0 Å². The van der Waals surface area contributed by atoms with Gasteiger partial charge in [-0.25, -0.2) is 0 Å². The molecule has 1 saturated heterocycles. The molecule has 3 nitrogen and oxygen atoms in total. The van der Waals surface area contributed by atoms with Crippen LogP contribution in [0.15, 0.2) is 0 Å². The van der Waals surface area contributed by atoms with Gasteiger partial charge in [0.15, 0.2) is 0 Å². The topological polar surface area (TPSA) is 55.1 Å². The monoisotopic (exact) mass is 230 g/mol. The van der Waals surface area contributed by atoms with E-state index in [9.17, 15) is 4.79 Å². The van der Waals surface area contributed by atoms with Crippen molar-refractivity contribution < 1.29 is 4.79 Å². The number of rotatable bonds is 6. The maximum Gasteiger partial charge on any atom is 0.236 e. The SMILES string of the molecule is CCCCC(N)C(=O)NCC1CCCS1. The van der Waals surface area contributed by atoms with Crippen molar-refractivity contribution in [2.45, 2.75) is 50.3 Å². The maximum atomic E-state index is 11.6. The van der Waals surface area contributed by atoms with E-state index < -0.39 is 0 Å². The average molecular weight is 230 g/mol. The van der Waals surface area contributed by atoms with Gasteiger partial charge in [-0.05, 0) is 25.0 Å². The summed E-state index contributed by atoms with van der Waals surface area (Å²) in [6.45, 7) is 2.91. The van der Waals surface area contributed by atoms with E-state index in [1.807, 2.05) is 11.8 Å². The van der Waals surface area contributed by atoms with Crippen LogP contribution in [0.4, 0.5) is 0 Å². The Balaban J connectivity index is 2.11. The van der Waals surface area contributed by atoms with Crippen molar-refractivity contribution in [1.29, 1.82) is 0 Å². The molecular formula is C11H22N2OS. The minimum absolute atomic E-state index is 0.0240. The molecule has 1 aliphatic heterocycles. The Bertz CT molecular complexity index is 193. The largest absolute Gasteiger partial charge is 0.354 e. The van der Waals surface area contributed by atoms with Gasteiger partial charge in [-0.1, -0.05) is 19.8 Å². The summed E-state index contributed by atoms with van der Waals surface area (Å²) in [7, 11) is 0. The Morgan fingerprint density at radius 1 is 1.67 bits per heavy atom. The molecule has 1 heterocycles. The molecule has 0 bridgehead atoms. The fraction of sp³-hybridized carbons (Fsp3) is 0.909. The van der Waals surface area contributed by atoms with E-state index in [0.29, 0.717) is 5.25 Å². The molecule has 0 aromatic rings. The zero-order valence-corrected chi connectivity index (χ0v) is 10.3. The maximum absolute atomic E-state index is 11.6. The fourth-order valence-corrected chi connectivity index (χ4v) is 2.91. The molecule has 2 atom stereocenters. The first-order valence-electron chi connectivity index (χ1n) is 5.89. The van der Waals surface area contributed by atoms with E-state index >= 15 is 0 Å². The number of hydrogen-bond donors (Lipinski definition) is 2. The number of carbonyl (C=O) groups excluding carboxylic acids is 1. The van der Waals surface area contributed by atoms with Crippen molar-refractivity contribution in [3.8, 4) is 0 Å². The van der Waals surface area contributed by atoms with Crippen LogP contribution in [0.3, 0.4) is 0 Å². The lowest BCUT2D eigenvalue weighted by Gasteiger charge is -2.14. The van der Waals surface area contributed by atoms with Crippen LogP contribution in [0.2, 0.25) is 0 Å². The summed E-state index contributed by atoms with van der Waals surface area (Å²) in [5.41, 5.74) is 5.77. The minimum Gasteiger partial charge on any atom is -0.354 e. The lowest BCUT2D eigenvalue weighted by Crippen LogP contribution is -2.42. The van der Waals surface area contributed by atoms with Crippen LogP contribution < -0.4 is 11.1 Å². The molecule has 0 aliphatic carbocycles. The van der Waals surface area contributed by atoms with Crippen molar-refractivity contribution in [2.24, 2.45) is 5.73 Å². The summed E-state index contributed by atoms with van der Waals surface area (Å²) in [5, 5.41) is 3.57. The van der Waals surface area contributed by atoms with Gasteiger partial charge in [-0.15, -0.1) is 0 Å². The Hall–Kier alpha value is -0.220. The lowest BCUT2D eigenvalue weighted by molar-refractivity contribution is -0.122. The normalized spacial score (nSPS) is 22.7. The van der Waals surface area contributed by atoms with Gasteiger partial charge < -0.3 is 11.1 Å². The highest BCUT2D eigenvalue weighted by Gasteiger charge is 2.18. The van der Waals surface area contributed by atoms with Crippen LogP contribution in [-0.4, -0.2) is 29.5 Å². The molecule has 4 heteroatoms. The second kappa shape index (κ2) is 7.12. The molecule has 3 N–H and O–H groups in total. The standard InChI is InChI=1S/C11H22N2OS/c1-2-3-6-10(12)11(14)13-8-9-5-4-7-15-9/h9-10H,2-8,12H2,1H3,(H,13,14). The third-order valence-corrected chi connectivity index (χ3v) is 4.13. The number of carbonyl (C=O) groups is 1. The number of nitrogens with two attached hydrogens (primary N) is 1. The molecule has 1 aliphatic rings. The van der Waals surface area contributed by atoms with Crippen molar-refractivity contribution in [3.05, 3.63) is 0 Å². The quantitative estimate of drug-likeness (QED) is 0.727. The summed E-state index contributed by atoms with van der Waals surface area (Å²) in [5.74, 6) is 1.26. The third kappa shape index (κ3) is 4.89. The molecule has 0 spiro atoms.